The Morgan fingerprint density at radius 2 is 0.842 bits per heavy atom. The third-order valence-electron chi connectivity index (χ3n) is 8.15. The molecule has 0 aliphatic rings. The Morgan fingerprint density at radius 1 is 0.474 bits per heavy atom. The molecule has 2 N–H and O–H groups in total. The van der Waals surface area contributed by atoms with Crippen LogP contribution in [0.5, 0.6) is 11.5 Å². The Balaban J connectivity index is 1.80. The average molecular weight is 523 g/mol. The summed E-state index contributed by atoms with van der Waals surface area (Å²) in [7, 11) is 0. The van der Waals surface area contributed by atoms with Gasteiger partial charge in [-0.1, -0.05) is 154 Å². The highest BCUT2D eigenvalue weighted by Gasteiger charge is 2.17. The third-order valence-corrected chi connectivity index (χ3v) is 8.15. The lowest BCUT2D eigenvalue weighted by Gasteiger charge is -2.21. The van der Waals surface area contributed by atoms with Crippen LogP contribution in [0.25, 0.3) is 0 Å². The highest BCUT2D eigenvalue weighted by molar-refractivity contribution is 5.44. The molecule has 2 rings (SSSR count). The first-order valence-electron chi connectivity index (χ1n) is 16.2. The van der Waals surface area contributed by atoms with Crippen LogP contribution in [0, 0.1) is 0 Å². The zero-order valence-corrected chi connectivity index (χ0v) is 25.1. The molecule has 2 nitrogen and oxygen atoms in total. The fourth-order valence-corrected chi connectivity index (χ4v) is 5.83. The Kier molecular flexibility index (Phi) is 17.0. The number of phenolic OH excluding ortho intramolecular Hbond substituents is 2. The molecule has 0 radical (unpaired) electrons. The van der Waals surface area contributed by atoms with E-state index in [1.165, 1.54) is 107 Å². The summed E-state index contributed by atoms with van der Waals surface area (Å²) in [6.45, 7) is 6.62. The van der Waals surface area contributed by atoms with Crippen molar-refractivity contribution in [1.82, 2.24) is 0 Å². The van der Waals surface area contributed by atoms with Crippen LogP contribution < -0.4 is 0 Å². The molecule has 0 spiro atoms. The monoisotopic (exact) mass is 522 g/mol. The minimum Gasteiger partial charge on any atom is -0.508 e. The number of hydrogen-bond acceptors (Lipinski definition) is 2. The first-order chi connectivity index (χ1) is 18.6. The Hall–Kier alpha value is -1.96. The zero-order valence-electron chi connectivity index (χ0n) is 25.1. The van der Waals surface area contributed by atoms with Crippen molar-refractivity contribution in [3.05, 3.63) is 58.7 Å². The first-order valence-corrected chi connectivity index (χ1v) is 16.2. The molecule has 0 aromatic heterocycles. The van der Waals surface area contributed by atoms with Crippen molar-refractivity contribution in [2.75, 3.05) is 0 Å². The van der Waals surface area contributed by atoms with Gasteiger partial charge in [-0.05, 0) is 53.6 Å². The van der Waals surface area contributed by atoms with E-state index in [4.69, 9.17) is 0 Å². The van der Waals surface area contributed by atoms with Gasteiger partial charge >= 0.3 is 0 Å². The first kappa shape index (κ1) is 32.3. The largest absolute Gasteiger partial charge is 0.508 e. The van der Waals surface area contributed by atoms with Gasteiger partial charge in [0, 0.05) is 5.92 Å². The fourth-order valence-electron chi connectivity index (χ4n) is 5.83. The van der Waals surface area contributed by atoms with E-state index in [2.05, 4.69) is 45.0 Å². The van der Waals surface area contributed by atoms with Crippen LogP contribution >= 0.6 is 0 Å². The molecule has 38 heavy (non-hydrogen) atoms. The Bertz CT molecular complexity index is 816. The molecule has 0 heterocycles. The van der Waals surface area contributed by atoms with E-state index in [0.717, 1.165) is 43.2 Å². The van der Waals surface area contributed by atoms with Crippen LogP contribution in [-0.4, -0.2) is 10.2 Å². The molecule has 0 saturated carbocycles. The second-order valence-electron chi connectivity index (χ2n) is 11.6. The average Bonchev–Trinajstić information content (AvgIpc) is 2.92. The van der Waals surface area contributed by atoms with E-state index in [0.29, 0.717) is 17.4 Å². The number of benzene rings is 2. The number of rotatable bonds is 22. The summed E-state index contributed by atoms with van der Waals surface area (Å²) >= 11 is 0. The zero-order chi connectivity index (χ0) is 27.4. The summed E-state index contributed by atoms with van der Waals surface area (Å²) in [5.41, 5.74) is 4.70. The lowest BCUT2D eigenvalue weighted by atomic mass is 9.84. The summed E-state index contributed by atoms with van der Waals surface area (Å²) in [6, 6.07) is 12.4. The van der Waals surface area contributed by atoms with Crippen LogP contribution in [0.4, 0.5) is 0 Å². The number of phenols is 2. The maximum absolute atomic E-state index is 10.4. The molecule has 0 aliphatic carbocycles. The predicted molar refractivity (Wildman–Crippen MR) is 166 cm³/mol. The second kappa shape index (κ2) is 20.0. The van der Waals surface area contributed by atoms with Crippen molar-refractivity contribution < 1.29 is 10.2 Å². The van der Waals surface area contributed by atoms with Crippen molar-refractivity contribution >= 4 is 0 Å². The van der Waals surface area contributed by atoms with Gasteiger partial charge in [0.1, 0.15) is 11.5 Å². The standard InChI is InChI=1S/C36H58O2/c1-4-7-8-9-10-11-12-13-14-15-16-17-18-19-20-23-34(30-24-26-35(37)32(28-30)21-5-2)31-25-27-36(38)33(29-31)22-6-3/h24-29,34,37-38H,4-23H2,1-3H3. The van der Waals surface area contributed by atoms with E-state index in [1.807, 2.05) is 12.1 Å². The number of aromatic hydroxyl groups is 2. The van der Waals surface area contributed by atoms with Crippen LogP contribution in [0.1, 0.15) is 165 Å². The molecule has 0 amide bonds. The number of aryl methyl sites for hydroxylation is 2. The molecule has 0 unspecified atom stereocenters. The molecular formula is C36H58O2. The maximum atomic E-state index is 10.4. The van der Waals surface area contributed by atoms with Crippen molar-refractivity contribution in [2.24, 2.45) is 0 Å². The van der Waals surface area contributed by atoms with E-state index in [-0.39, 0.29) is 0 Å². The highest BCUT2D eigenvalue weighted by atomic mass is 16.3. The normalized spacial score (nSPS) is 11.5. The topological polar surface area (TPSA) is 40.5 Å². The quantitative estimate of drug-likeness (QED) is 0.151. The Labute approximate surface area is 235 Å². The van der Waals surface area contributed by atoms with E-state index in [1.54, 1.807) is 0 Å². The molecule has 0 saturated heterocycles. The molecule has 214 valence electrons. The van der Waals surface area contributed by atoms with Crippen LogP contribution in [0.3, 0.4) is 0 Å². The summed E-state index contributed by atoms with van der Waals surface area (Å²) in [5, 5.41) is 20.7. The molecule has 0 fully saturated rings. The fraction of sp³-hybridized carbons (Fsp3) is 0.667. The minimum atomic E-state index is 0.310. The van der Waals surface area contributed by atoms with Gasteiger partial charge < -0.3 is 10.2 Å². The van der Waals surface area contributed by atoms with E-state index in [9.17, 15) is 10.2 Å². The summed E-state index contributed by atoms with van der Waals surface area (Å²) < 4.78 is 0. The highest BCUT2D eigenvalue weighted by Crippen LogP contribution is 2.35. The van der Waals surface area contributed by atoms with E-state index >= 15 is 0 Å². The lowest BCUT2D eigenvalue weighted by Crippen LogP contribution is -2.04. The number of hydrogen-bond donors (Lipinski definition) is 2. The van der Waals surface area contributed by atoms with Gasteiger partial charge in [-0.25, -0.2) is 0 Å². The van der Waals surface area contributed by atoms with Gasteiger partial charge in [0.2, 0.25) is 0 Å². The summed E-state index contributed by atoms with van der Waals surface area (Å²) in [4.78, 5) is 0. The molecule has 2 aromatic carbocycles. The lowest BCUT2D eigenvalue weighted by molar-refractivity contribution is 0.466. The van der Waals surface area contributed by atoms with Crippen LogP contribution in [0.15, 0.2) is 36.4 Å². The van der Waals surface area contributed by atoms with Gasteiger partial charge in [-0.15, -0.1) is 0 Å². The van der Waals surface area contributed by atoms with Crippen LogP contribution in [-0.2, 0) is 12.8 Å². The molecule has 0 bridgehead atoms. The van der Waals surface area contributed by atoms with Crippen LogP contribution in [0.2, 0.25) is 0 Å². The van der Waals surface area contributed by atoms with Gasteiger partial charge in [0.15, 0.2) is 0 Å². The molecule has 0 atom stereocenters. The predicted octanol–water partition coefficient (Wildman–Crippen LogP) is 11.4. The SMILES string of the molecule is CCCCCCCCCCCCCCCCCC(c1ccc(O)c(CCC)c1)c1ccc(O)c(CCC)c1. The molecule has 0 aliphatic heterocycles. The van der Waals surface area contributed by atoms with Gasteiger partial charge in [0.05, 0.1) is 0 Å². The van der Waals surface area contributed by atoms with Crippen molar-refractivity contribution in [3.63, 3.8) is 0 Å². The number of unbranched alkanes of at least 4 members (excludes halogenated alkanes) is 14. The second-order valence-corrected chi connectivity index (χ2v) is 11.6. The molecular weight excluding hydrogens is 464 g/mol. The van der Waals surface area contributed by atoms with Gasteiger partial charge in [-0.2, -0.15) is 0 Å². The summed E-state index contributed by atoms with van der Waals surface area (Å²) in [5.74, 6) is 1.14. The van der Waals surface area contributed by atoms with Crippen molar-refractivity contribution in [2.45, 2.75) is 155 Å². The molecule has 2 heteroatoms. The maximum Gasteiger partial charge on any atom is 0.118 e. The third kappa shape index (κ3) is 12.3. The molecule has 2 aromatic rings. The summed E-state index contributed by atoms with van der Waals surface area (Å²) in [6.07, 6.45) is 25.7. The van der Waals surface area contributed by atoms with E-state index < -0.39 is 0 Å². The van der Waals surface area contributed by atoms with Gasteiger partial charge in [-0.3, -0.25) is 0 Å². The minimum absolute atomic E-state index is 0.310. The van der Waals surface area contributed by atoms with Gasteiger partial charge in [0.25, 0.3) is 0 Å². The smallest absolute Gasteiger partial charge is 0.118 e. The van der Waals surface area contributed by atoms with Crippen molar-refractivity contribution in [3.8, 4) is 11.5 Å². The van der Waals surface area contributed by atoms with Crippen molar-refractivity contribution in [1.29, 1.82) is 0 Å². The Morgan fingerprint density at radius 3 is 1.21 bits per heavy atom.